The van der Waals surface area contributed by atoms with E-state index in [0.29, 0.717) is 6.42 Å². The third-order valence-corrected chi connectivity index (χ3v) is 4.33. The van der Waals surface area contributed by atoms with E-state index in [4.69, 9.17) is 5.26 Å². The molecule has 0 unspecified atom stereocenters. The highest BCUT2D eigenvalue weighted by molar-refractivity contribution is 7.91. The van der Waals surface area contributed by atoms with Crippen LogP contribution in [0.4, 0.5) is 13.2 Å². The van der Waals surface area contributed by atoms with Gasteiger partial charge < -0.3 is 0 Å². The molecule has 0 spiro atoms. The van der Waals surface area contributed by atoms with E-state index in [1.807, 2.05) is 6.07 Å². The number of sulfone groups is 1. The Morgan fingerprint density at radius 1 is 1.16 bits per heavy atom. The van der Waals surface area contributed by atoms with Crippen molar-refractivity contribution >= 4 is 9.84 Å². The van der Waals surface area contributed by atoms with Crippen molar-refractivity contribution in [2.24, 2.45) is 0 Å². The second-order valence-corrected chi connectivity index (χ2v) is 6.01. The second-order valence-electron chi connectivity index (χ2n) is 3.93. The lowest BCUT2D eigenvalue weighted by Crippen LogP contribution is -2.15. The van der Waals surface area contributed by atoms with Crippen LogP contribution in [0.3, 0.4) is 0 Å². The van der Waals surface area contributed by atoms with Crippen LogP contribution in [-0.2, 0) is 16.0 Å². The molecule has 0 radical (unpaired) electrons. The molecular weight excluding hydrogens is 279 g/mol. The highest BCUT2D eigenvalue weighted by atomic mass is 32.2. The Kier molecular flexibility index (Phi) is 4.95. The minimum absolute atomic E-state index is 0.169. The molecule has 1 aromatic rings. The average molecular weight is 291 g/mol. The Hall–Kier alpha value is -1.55. The van der Waals surface area contributed by atoms with Crippen LogP contribution in [0.1, 0.15) is 24.8 Å². The number of hydrogen-bond donors (Lipinski definition) is 0. The molecule has 7 heteroatoms. The summed E-state index contributed by atoms with van der Waals surface area (Å²) in [6.45, 7) is 0. The Balaban J connectivity index is 3.00. The fraction of sp³-hybridized carbons (Fsp3) is 0.417. The predicted molar refractivity (Wildman–Crippen MR) is 63.0 cm³/mol. The van der Waals surface area contributed by atoms with Crippen LogP contribution < -0.4 is 0 Å². The summed E-state index contributed by atoms with van der Waals surface area (Å²) in [6.07, 6.45) is -3.99. The molecule has 0 saturated heterocycles. The van der Waals surface area contributed by atoms with Crippen LogP contribution in [0.25, 0.3) is 0 Å². The van der Waals surface area contributed by atoms with Crippen molar-refractivity contribution in [3.8, 4) is 6.07 Å². The van der Waals surface area contributed by atoms with Gasteiger partial charge in [-0.25, -0.2) is 8.42 Å². The molecule has 0 N–H and O–H groups in total. The Bertz CT molecular complexity index is 573. The van der Waals surface area contributed by atoms with Crippen molar-refractivity contribution in [1.29, 1.82) is 5.26 Å². The van der Waals surface area contributed by atoms with Gasteiger partial charge >= 0.3 is 6.18 Å². The fourth-order valence-electron chi connectivity index (χ4n) is 1.58. The molecule has 0 aliphatic rings. The van der Waals surface area contributed by atoms with Crippen LogP contribution >= 0.6 is 0 Å². The van der Waals surface area contributed by atoms with E-state index in [1.165, 1.54) is 6.07 Å². The Morgan fingerprint density at radius 2 is 1.79 bits per heavy atom. The molecule has 0 fully saturated rings. The number of halogens is 3. The minimum Gasteiger partial charge on any atom is -0.224 e. The van der Waals surface area contributed by atoms with Crippen molar-refractivity contribution in [1.82, 2.24) is 0 Å². The quantitative estimate of drug-likeness (QED) is 0.783. The summed E-state index contributed by atoms with van der Waals surface area (Å²) < 4.78 is 61.9. The lowest BCUT2D eigenvalue weighted by atomic mass is 10.2. The first-order chi connectivity index (χ1) is 8.79. The number of alkyl halides is 3. The average Bonchev–Trinajstić information content (AvgIpc) is 2.34. The van der Waals surface area contributed by atoms with Gasteiger partial charge in [-0.15, -0.1) is 0 Å². The molecular formula is C12H12F3NO2S. The molecule has 3 nitrogen and oxygen atoms in total. The Labute approximate surface area is 109 Å². The zero-order valence-electron chi connectivity index (χ0n) is 9.94. The standard InChI is InChI=1S/C12H12F3NO2S/c13-12(14,15)10-6-2-3-7-11(10)19(17,18)9-5-1-4-8-16/h2-3,6-7H,1,4-5,9H2. The number of nitriles is 1. The molecule has 0 aliphatic carbocycles. The van der Waals surface area contributed by atoms with Crippen molar-refractivity contribution in [2.45, 2.75) is 30.3 Å². The first-order valence-electron chi connectivity index (χ1n) is 5.55. The summed E-state index contributed by atoms with van der Waals surface area (Å²) >= 11 is 0. The largest absolute Gasteiger partial charge is 0.417 e. The van der Waals surface area contributed by atoms with Gasteiger partial charge in [0.05, 0.1) is 22.3 Å². The molecule has 0 amide bonds. The van der Waals surface area contributed by atoms with Gasteiger partial charge in [0.2, 0.25) is 0 Å². The van der Waals surface area contributed by atoms with E-state index in [2.05, 4.69) is 0 Å². The van der Waals surface area contributed by atoms with E-state index >= 15 is 0 Å². The molecule has 0 heterocycles. The normalized spacial score (nSPS) is 12.1. The zero-order valence-corrected chi connectivity index (χ0v) is 10.8. The summed E-state index contributed by atoms with van der Waals surface area (Å²) in [6, 6.07) is 5.98. The van der Waals surface area contributed by atoms with Crippen LogP contribution in [0.15, 0.2) is 29.2 Å². The maximum Gasteiger partial charge on any atom is 0.417 e. The lowest BCUT2D eigenvalue weighted by molar-refractivity contribution is -0.139. The predicted octanol–water partition coefficient (Wildman–Crippen LogP) is 3.17. The number of nitrogens with zero attached hydrogens (tertiary/aromatic N) is 1. The fourth-order valence-corrected chi connectivity index (χ4v) is 3.19. The second kappa shape index (κ2) is 6.06. The maximum absolute atomic E-state index is 12.7. The van der Waals surface area contributed by atoms with Crippen LogP contribution in [0.2, 0.25) is 0 Å². The van der Waals surface area contributed by atoms with Gasteiger partial charge in [0.25, 0.3) is 0 Å². The highest BCUT2D eigenvalue weighted by Gasteiger charge is 2.36. The molecule has 19 heavy (non-hydrogen) atoms. The SMILES string of the molecule is N#CCCCCS(=O)(=O)c1ccccc1C(F)(F)F. The molecule has 0 saturated carbocycles. The monoisotopic (exact) mass is 291 g/mol. The summed E-state index contributed by atoms with van der Waals surface area (Å²) in [7, 11) is -3.98. The van der Waals surface area contributed by atoms with Crippen LogP contribution in [-0.4, -0.2) is 14.2 Å². The van der Waals surface area contributed by atoms with Gasteiger partial charge in [-0.2, -0.15) is 18.4 Å². The molecule has 0 atom stereocenters. The van der Waals surface area contributed by atoms with Crippen molar-refractivity contribution in [2.75, 3.05) is 5.75 Å². The number of benzene rings is 1. The van der Waals surface area contributed by atoms with Gasteiger partial charge in [-0.3, -0.25) is 0 Å². The topological polar surface area (TPSA) is 57.9 Å². The first kappa shape index (κ1) is 15.5. The van der Waals surface area contributed by atoms with Gasteiger partial charge in [-0.05, 0) is 25.0 Å². The van der Waals surface area contributed by atoms with E-state index in [0.717, 1.165) is 18.2 Å². The first-order valence-corrected chi connectivity index (χ1v) is 7.20. The smallest absolute Gasteiger partial charge is 0.224 e. The summed E-state index contributed by atoms with van der Waals surface area (Å²) in [5.41, 5.74) is -1.14. The van der Waals surface area contributed by atoms with Gasteiger partial charge in [0.1, 0.15) is 0 Å². The van der Waals surface area contributed by atoms with Gasteiger partial charge in [0.15, 0.2) is 9.84 Å². The molecule has 0 aromatic heterocycles. The molecule has 1 rings (SSSR count). The highest BCUT2D eigenvalue weighted by Crippen LogP contribution is 2.34. The Morgan fingerprint density at radius 3 is 2.37 bits per heavy atom. The van der Waals surface area contributed by atoms with Gasteiger partial charge in [0, 0.05) is 6.42 Å². The molecule has 0 bridgehead atoms. The van der Waals surface area contributed by atoms with Crippen molar-refractivity contribution in [3.05, 3.63) is 29.8 Å². The molecule has 1 aromatic carbocycles. The van der Waals surface area contributed by atoms with Crippen LogP contribution in [0, 0.1) is 11.3 Å². The van der Waals surface area contributed by atoms with E-state index in [9.17, 15) is 21.6 Å². The minimum atomic E-state index is -4.70. The van der Waals surface area contributed by atoms with E-state index in [1.54, 1.807) is 0 Å². The number of hydrogen-bond acceptors (Lipinski definition) is 3. The maximum atomic E-state index is 12.7. The molecule has 0 aliphatic heterocycles. The van der Waals surface area contributed by atoms with E-state index in [-0.39, 0.29) is 18.6 Å². The van der Waals surface area contributed by atoms with Crippen molar-refractivity contribution in [3.63, 3.8) is 0 Å². The molecule has 104 valence electrons. The number of unbranched alkanes of at least 4 members (excludes halogenated alkanes) is 2. The number of rotatable bonds is 5. The van der Waals surface area contributed by atoms with Crippen molar-refractivity contribution < 1.29 is 21.6 Å². The summed E-state index contributed by atoms with van der Waals surface area (Å²) in [4.78, 5) is -0.695. The third-order valence-electron chi connectivity index (χ3n) is 2.48. The van der Waals surface area contributed by atoms with E-state index < -0.39 is 26.5 Å². The summed E-state index contributed by atoms with van der Waals surface area (Å²) in [5.74, 6) is -0.387. The summed E-state index contributed by atoms with van der Waals surface area (Å²) in [5, 5.41) is 8.32. The third kappa shape index (κ3) is 4.24. The van der Waals surface area contributed by atoms with Gasteiger partial charge in [-0.1, -0.05) is 12.1 Å². The zero-order chi connectivity index (χ0) is 14.5. The van der Waals surface area contributed by atoms with Crippen LogP contribution in [0.5, 0.6) is 0 Å². The lowest BCUT2D eigenvalue weighted by Gasteiger charge is -2.12.